The van der Waals surface area contributed by atoms with E-state index in [1.54, 1.807) is 0 Å². The van der Waals surface area contributed by atoms with E-state index >= 15 is 0 Å². The molecule has 2 aromatic carbocycles. The molecule has 2 aromatic rings. The van der Waals surface area contributed by atoms with Gasteiger partial charge in [-0.15, -0.1) is 0 Å². The summed E-state index contributed by atoms with van der Waals surface area (Å²) in [6, 6.07) is 14.8. The number of hydrogen-bond donors (Lipinski definition) is 1. The molecular weight excluding hydrogens is 319 g/mol. The molecule has 3 rings (SSSR count). The zero-order chi connectivity index (χ0) is 17.0. The molecule has 0 radical (unpaired) electrons. The molecule has 0 saturated carbocycles. The highest BCUT2D eigenvalue weighted by Crippen LogP contribution is 2.36. The number of benzene rings is 2. The van der Waals surface area contributed by atoms with Gasteiger partial charge in [-0.05, 0) is 17.7 Å². The molecule has 0 spiro atoms. The normalized spacial score (nSPS) is 16.5. The van der Waals surface area contributed by atoms with Gasteiger partial charge < -0.3 is 5.32 Å². The molecule has 0 atom stereocenters. The van der Waals surface area contributed by atoms with Crippen molar-refractivity contribution in [2.45, 2.75) is 12.8 Å². The standard InChI is InChI=1S/C17H16F3N3O/c18-17(19,20)14-8-4-5-9-15(14)22-16-21-10-11-23(16)24-12-13-6-2-1-3-7-13/h1-9H,10-12H2,(H,21,22). The summed E-state index contributed by atoms with van der Waals surface area (Å²) in [5, 5.41) is 4.44. The highest BCUT2D eigenvalue weighted by molar-refractivity contribution is 5.84. The van der Waals surface area contributed by atoms with Crippen LogP contribution >= 0.6 is 0 Å². The Balaban J connectivity index is 1.77. The molecule has 1 N–H and O–H groups in total. The SMILES string of the molecule is FC(F)(F)c1ccccc1/N=C1\NCCN1OCc1ccccc1. The topological polar surface area (TPSA) is 36.9 Å². The van der Waals surface area contributed by atoms with Gasteiger partial charge in [0.1, 0.15) is 6.61 Å². The molecule has 7 heteroatoms. The smallest absolute Gasteiger partial charge is 0.352 e. The predicted molar refractivity (Wildman–Crippen MR) is 84.5 cm³/mol. The van der Waals surface area contributed by atoms with Gasteiger partial charge in [0.25, 0.3) is 0 Å². The summed E-state index contributed by atoms with van der Waals surface area (Å²) in [4.78, 5) is 9.76. The largest absolute Gasteiger partial charge is 0.418 e. The van der Waals surface area contributed by atoms with E-state index in [9.17, 15) is 13.2 Å². The summed E-state index contributed by atoms with van der Waals surface area (Å²) in [6.07, 6.45) is -4.45. The maximum Gasteiger partial charge on any atom is 0.418 e. The fraction of sp³-hybridized carbons (Fsp3) is 0.235. The van der Waals surface area contributed by atoms with Crippen LogP contribution in [0.15, 0.2) is 59.6 Å². The summed E-state index contributed by atoms with van der Waals surface area (Å²) >= 11 is 0. The molecule has 1 saturated heterocycles. The van der Waals surface area contributed by atoms with Gasteiger partial charge in [-0.1, -0.05) is 42.5 Å². The fourth-order valence-electron chi connectivity index (χ4n) is 2.34. The van der Waals surface area contributed by atoms with Crippen molar-refractivity contribution in [1.82, 2.24) is 10.4 Å². The first-order valence-electron chi connectivity index (χ1n) is 7.47. The lowest BCUT2D eigenvalue weighted by atomic mass is 10.2. The Morgan fingerprint density at radius 3 is 2.50 bits per heavy atom. The summed E-state index contributed by atoms with van der Waals surface area (Å²) in [5.74, 6) is 0.280. The van der Waals surface area contributed by atoms with E-state index in [1.807, 2.05) is 30.3 Å². The van der Waals surface area contributed by atoms with Gasteiger partial charge >= 0.3 is 6.18 Å². The van der Waals surface area contributed by atoms with Crippen LogP contribution in [0.5, 0.6) is 0 Å². The van der Waals surface area contributed by atoms with Gasteiger partial charge in [-0.25, -0.2) is 10.1 Å². The van der Waals surface area contributed by atoms with E-state index < -0.39 is 11.7 Å². The van der Waals surface area contributed by atoms with Crippen molar-refractivity contribution >= 4 is 11.6 Å². The zero-order valence-corrected chi connectivity index (χ0v) is 12.8. The highest BCUT2D eigenvalue weighted by atomic mass is 19.4. The number of aliphatic imine (C=N–C) groups is 1. The molecule has 0 aromatic heterocycles. The second-order valence-electron chi connectivity index (χ2n) is 5.24. The number of hydroxylamine groups is 2. The van der Waals surface area contributed by atoms with Crippen LogP contribution in [0.3, 0.4) is 0 Å². The Bertz CT molecular complexity index is 717. The van der Waals surface area contributed by atoms with Gasteiger partial charge in [0.05, 0.1) is 17.8 Å². The van der Waals surface area contributed by atoms with Gasteiger partial charge in [-0.2, -0.15) is 13.2 Å². The minimum atomic E-state index is -4.45. The molecule has 126 valence electrons. The van der Waals surface area contributed by atoms with Gasteiger partial charge in [0.15, 0.2) is 0 Å². The van der Waals surface area contributed by atoms with Crippen molar-refractivity contribution in [3.8, 4) is 0 Å². The van der Waals surface area contributed by atoms with Crippen LogP contribution in [0, 0.1) is 0 Å². The third-order valence-electron chi connectivity index (χ3n) is 3.50. The van der Waals surface area contributed by atoms with Crippen molar-refractivity contribution in [3.63, 3.8) is 0 Å². The molecule has 1 fully saturated rings. The molecule has 4 nitrogen and oxygen atoms in total. The molecule has 0 aliphatic carbocycles. The van der Waals surface area contributed by atoms with E-state index in [0.29, 0.717) is 19.7 Å². The van der Waals surface area contributed by atoms with E-state index in [4.69, 9.17) is 4.84 Å². The highest BCUT2D eigenvalue weighted by Gasteiger charge is 2.33. The maximum absolute atomic E-state index is 13.1. The monoisotopic (exact) mass is 335 g/mol. The lowest BCUT2D eigenvalue weighted by molar-refractivity contribution is -0.137. The average Bonchev–Trinajstić information content (AvgIpc) is 3.00. The first kappa shape index (κ1) is 16.3. The Morgan fingerprint density at radius 1 is 1.04 bits per heavy atom. The van der Waals surface area contributed by atoms with E-state index in [2.05, 4.69) is 10.3 Å². The molecule has 0 bridgehead atoms. The fourth-order valence-corrected chi connectivity index (χ4v) is 2.34. The van der Waals surface area contributed by atoms with Crippen LogP contribution in [-0.4, -0.2) is 24.1 Å². The first-order chi connectivity index (χ1) is 11.5. The van der Waals surface area contributed by atoms with Crippen molar-refractivity contribution in [1.29, 1.82) is 0 Å². The summed E-state index contributed by atoms with van der Waals surface area (Å²) in [5.41, 5.74) is 0.0661. The molecule has 24 heavy (non-hydrogen) atoms. The number of nitrogens with one attached hydrogen (secondary N) is 1. The van der Waals surface area contributed by atoms with Crippen LogP contribution in [-0.2, 0) is 17.6 Å². The zero-order valence-electron chi connectivity index (χ0n) is 12.8. The number of para-hydroxylation sites is 1. The predicted octanol–water partition coefficient (Wildman–Crippen LogP) is 3.73. The number of hydrogen-bond acceptors (Lipinski definition) is 2. The van der Waals surface area contributed by atoms with Gasteiger partial charge in [0.2, 0.25) is 5.96 Å². The third kappa shape index (κ3) is 3.86. The quantitative estimate of drug-likeness (QED) is 0.925. The number of alkyl halides is 3. The van der Waals surface area contributed by atoms with Crippen molar-refractivity contribution in [2.75, 3.05) is 13.1 Å². The second-order valence-corrected chi connectivity index (χ2v) is 5.24. The number of nitrogens with zero attached hydrogens (tertiary/aromatic N) is 2. The molecule has 0 amide bonds. The lowest BCUT2D eigenvalue weighted by Gasteiger charge is -2.18. The number of guanidine groups is 1. The van der Waals surface area contributed by atoms with Crippen molar-refractivity contribution in [2.24, 2.45) is 4.99 Å². The third-order valence-corrected chi connectivity index (χ3v) is 3.50. The minimum absolute atomic E-state index is 0.136. The summed E-state index contributed by atoms with van der Waals surface area (Å²) in [7, 11) is 0. The number of rotatable bonds is 4. The molecule has 1 heterocycles. The Kier molecular flexibility index (Phi) is 4.71. The van der Waals surface area contributed by atoms with Crippen molar-refractivity contribution < 1.29 is 18.0 Å². The summed E-state index contributed by atoms with van der Waals surface area (Å²) < 4.78 is 39.2. The first-order valence-corrected chi connectivity index (χ1v) is 7.47. The van der Waals surface area contributed by atoms with E-state index in [1.165, 1.54) is 23.3 Å². The Hall–Kier alpha value is -2.54. The lowest BCUT2D eigenvalue weighted by Crippen LogP contribution is -2.30. The molecule has 1 aliphatic rings. The molecule has 0 unspecified atom stereocenters. The Morgan fingerprint density at radius 2 is 1.75 bits per heavy atom. The van der Waals surface area contributed by atoms with Crippen LogP contribution in [0.25, 0.3) is 0 Å². The molecule has 1 aliphatic heterocycles. The van der Waals surface area contributed by atoms with Crippen LogP contribution < -0.4 is 5.32 Å². The van der Waals surface area contributed by atoms with E-state index in [0.717, 1.165) is 11.6 Å². The average molecular weight is 335 g/mol. The van der Waals surface area contributed by atoms with Crippen LogP contribution in [0.2, 0.25) is 0 Å². The van der Waals surface area contributed by atoms with E-state index in [-0.39, 0.29) is 11.6 Å². The number of halogens is 3. The summed E-state index contributed by atoms with van der Waals surface area (Å²) in [6.45, 7) is 1.39. The molecular formula is C17H16F3N3O. The van der Waals surface area contributed by atoms with Gasteiger partial charge in [0, 0.05) is 6.54 Å². The minimum Gasteiger partial charge on any atom is -0.352 e. The van der Waals surface area contributed by atoms with Crippen LogP contribution in [0.1, 0.15) is 11.1 Å². The van der Waals surface area contributed by atoms with Crippen molar-refractivity contribution in [3.05, 3.63) is 65.7 Å². The maximum atomic E-state index is 13.1. The van der Waals surface area contributed by atoms with Crippen LogP contribution in [0.4, 0.5) is 18.9 Å². The van der Waals surface area contributed by atoms with Gasteiger partial charge in [-0.3, -0.25) is 4.84 Å². The Labute approximate surface area is 137 Å². The second kappa shape index (κ2) is 6.92.